The zero-order valence-electron chi connectivity index (χ0n) is 16.6. The number of hydrogen-bond donors (Lipinski definition) is 2. The van der Waals surface area contributed by atoms with Gasteiger partial charge >= 0.3 is 0 Å². The van der Waals surface area contributed by atoms with Crippen LogP contribution in [-0.4, -0.2) is 49.9 Å². The van der Waals surface area contributed by atoms with Gasteiger partial charge in [-0.25, -0.2) is 8.42 Å². The normalized spacial score (nSPS) is 15.2. The first-order chi connectivity index (χ1) is 14.8. The Bertz CT molecular complexity index is 1330. The zero-order chi connectivity index (χ0) is 22.2. The van der Waals surface area contributed by atoms with Crippen molar-refractivity contribution in [1.29, 1.82) is 0 Å². The molecule has 1 fully saturated rings. The average Bonchev–Trinajstić information content (AvgIpc) is 2.75. The third-order valence-electron chi connectivity index (χ3n) is 5.04. The highest BCUT2D eigenvalue weighted by molar-refractivity contribution is 7.89. The lowest BCUT2D eigenvalue weighted by molar-refractivity contribution is 0.0730. The molecule has 0 spiro atoms. The Labute approximate surface area is 183 Å². The first kappa shape index (κ1) is 21.5. The number of hydrogen-bond acceptors (Lipinski definition) is 5. The number of morpholine rings is 1. The van der Waals surface area contributed by atoms with Gasteiger partial charge in [0, 0.05) is 30.1 Å². The van der Waals surface area contributed by atoms with Crippen molar-refractivity contribution < 1.29 is 17.9 Å². The number of carbonyl (C=O) groups excluding carboxylic acids is 1. The number of aromatic amines is 1. The Morgan fingerprint density at radius 2 is 1.87 bits per heavy atom. The van der Waals surface area contributed by atoms with Crippen LogP contribution in [0.2, 0.25) is 5.02 Å². The number of sulfonamides is 1. The van der Waals surface area contributed by atoms with E-state index in [1.807, 2.05) is 6.92 Å². The van der Waals surface area contributed by atoms with E-state index in [1.165, 1.54) is 22.5 Å². The molecule has 1 amide bonds. The molecule has 3 aromatic rings. The average molecular weight is 462 g/mol. The van der Waals surface area contributed by atoms with Crippen molar-refractivity contribution in [3.05, 3.63) is 69.0 Å². The number of benzene rings is 2. The number of fused-ring (bicyclic) bond motifs is 1. The lowest BCUT2D eigenvalue weighted by Crippen LogP contribution is -2.40. The smallest absolute Gasteiger partial charge is 0.256 e. The summed E-state index contributed by atoms with van der Waals surface area (Å²) in [5, 5.41) is 3.37. The highest BCUT2D eigenvalue weighted by Crippen LogP contribution is 2.26. The molecule has 1 aliphatic rings. The molecule has 1 aliphatic heterocycles. The molecule has 2 heterocycles. The van der Waals surface area contributed by atoms with Crippen molar-refractivity contribution in [2.75, 3.05) is 31.6 Å². The summed E-state index contributed by atoms with van der Waals surface area (Å²) in [6.45, 7) is 3.03. The van der Waals surface area contributed by atoms with Crippen molar-refractivity contribution in [2.45, 2.75) is 11.8 Å². The van der Waals surface area contributed by atoms with E-state index in [0.29, 0.717) is 34.8 Å². The predicted octanol–water partition coefficient (Wildman–Crippen LogP) is 2.76. The van der Waals surface area contributed by atoms with Gasteiger partial charge in [-0.2, -0.15) is 4.31 Å². The Kier molecular flexibility index (Phi) is 5.85. The maximum atomic E-state index is 13.0. The minimum atomic E-state index is -3.77. The maximum Gasteiger partial charge on any atom is 0.256 e. The predicted molar refractivity (Wildman–Crippen MR) is 118 cm³/mol. The van der Waals surface area contributed by atoms with E-state index in [2.05, 4.69) is 10.3 Å². The molecule has 2 N–H and O–H groups in total. The number of nitrogens with one attached hydrogen (secondary N) is 2. The molecule has 1 saturated heterocycles. The monoisotopic (exact) mass is 461 g/mol. The van der Waals surface area contributed by atoms with Crippen LogP contribution in [0.1, 0.15) is 15.9 Å². The number of pyridine rings is 1. The number of H-pyrrole nitrogens is 1. The summed E-state index contributed by atoms with van der Waals surface area (Å²) in [4.78, 5) is 27.8. The minimum absolute atomic E-state index is 0.0383. The standard InChI is InChI=1S/C21H20ClN3O5S/c1-13-2-4-19(17(22)10-13)24-21(27)16-12-20(26)23-18-5-3-14(11-15(16)18)31(28,29)25-6-8-30-9-7-25/h2-5,10-12H,6-9H2,1H3,(H,23,26)(H,24,27). The van der Waals surface area contributed by atoms with Crippen LogP contribution in [0, 0.1) is 6.92 Å². The molecule has 1 aromatic heterocycles. The van der Waals surface area contributed by atoms with E-state index in [-0.39, 0.29) is 23.5 Å². The fourth-order valence-corrected chi connectivity index (χ4v) is 5.15. The topological polar surface area (TPSA) is 109 Å². The van der Waals surface area contributed by atoms with E-state index in [0.717, 1.165) is 11.6 Å². The van der Waals surface area contributed by atoms with Crippen molar-refractivity contribution >= 4 is 44.1 Å². The molecule has 0 unspecified atom stereocenters. The second kappa shape index (κ2) is 8.43. The number of aromatic nitrogens is 1. The van der Waals surface area contributed by atoms with E-state index in [9.17, 15) is 18.0 Å². The van der Waals surface area contributed by atoms with E-state index >= 15 is 0 Å². The number of halogens is 1. The van der Waals surface area contributed by atoms with Gasteiger partial charge in [0.1, 0.15) is 0 Å². The number of ether oxygens (including phenoxy) is 1. The third kappa shape index (κ3) is 4.35. The van der Waals surface area contributed by atoms with Gasteiger partial charge in [0.15, 0.2) is 0 Å². The van der Waals surface area contributed by atoms with Gasteiger partial charge in [-0.15, -0.1) is 0 Å². The number of carbonyl (C=O) groups is 1. The molecular formula is C21H20ClN3O5S. The van der Waals surface area contributed by atoms with Gasteiger partial charge in [-0.1, -0.05) is 17.7 Å². The van der Waals surface area contributed by atoms with Crippen LogP contribution in [0.5, 0.6) is 0 Å². The highest BCUT2D eigenvalue weighted by atomic mass is 35.5. The number of rotatable bonds is 4. The Hall–Kier alpha value is -2.72. The van der Waals surface area contributed by atoms with E-state index in [1.54, 1.807) is 18.2 Å². The van der Waals surface area contributed by atoms with Crippen molar-refractivity contribution in [3.63, 3.8) is 0 Å². The molecular weight excluding hydrogens is 442 g/mol. The van der Waals surface area contributed by atoms with Gasteiger partial charge < -0.3 is 15.0 Å². The maximum absolute atomic E-state index is 13.0. The summed E-state index contributed by atoms with van der Waals surface area (Å²) in [5.74, 6) is -0.567. The van der Waals surface area contributed by atoms with Gasteiger partial charge in [0.25, 0.3) is 5.91 Å². The third-order valence-corrected chi connectivity index (χ3v) is 7.25. The van der Waals surface area contributed by atoms with Gasteiger partial charge in [-0.3, -0.25) is 9.59 Å². The first-order valence-electron chi connectivity index (χ1n) is 9.58. The van der Waals surface area contributed by atoms with Crippen LogP contribution in [0.15, 0.2) is 52.2 Å². The summed E-state index contributed by atoms with van der Waals surface area (Å²) >= 11 is 6.20. The summed E-state index contributed by atoms with van der Waals surface area (Å²) < 4.78 is 32.6. The zero-order valence-corrected chi connectivity index (χ0v) is 18.2. The van der Waals surface area contributed by atoms with Crippen LogP contribution >= 0.6 is 11.6 Å². The second-order valence-corrected chi connectivity index (χ2v) is 9.55. The molecule has 0 saturated carbocycles. The van der Waals surface area contributed by atoms with Crippen LogP contribution in [-0.2, 0) is 14.8 Å². The molecule has 2 aromatic carbocycles. The number of amides is 1. The Morgan fingerprint density at radius 1 is 1.13 bits per heavy atom. The molecule has 8 nitrogen and oxygen atoms in total. The van der Waals surface area contributed by atoms with E-state index < -0.39 is 21.5 Å². The van der Waals surface area contributed by atoms with E-state index in [4.69, 9.17) is 16.3 Å². The van der Waals surface area contributed by atoms with Crippen molar-refractivity contribution in [2.24, 2.45) is 0 Å². The number of anilines is 1. The van der Waals surface area contributed by atoms with Crippen LogP contribution in [0.4, 0.5) is 5.69 Å². The largest absolute Gasteiger partial charge is 0.379 e. The van der Waals surface area contributed by atoms with Gasteiger partial charge in [0.2, 0.25) is 15.6 Å². The fraction of sp³-hybridized carbons (Fsp3) is 0.238. The number of aryl methyl sites for hydroxylation is 1. The molecule has 162 valence electrons. The first-order valence-corrected chi connectivity index (χ1v) is 11.4. The second-order valence-electron chi connectivity index (χ2n) is 7.21. The lowest BCUT2D eigenvalue weighted by Gasteiger charge is -2.26. The highest BCUT2D eigenvalue weighted by Gasteiger charge is 2.27. The molecule has 0 aliphatic carbocycles. The summed E-state index contributed by atoms with van der Waals surface area (Å²) in [6, 6.07) is 10.6. The molecule has 10 heteroatoms. The Morgan fingerprint density at radius 3 is 2.58 bits per heavy atom. The summed E-state index contributed by atoms with van der Waals surface area (Å²) in [5.41, 5.74) is 1.25. The van der Waals surface area contributed by atoms with Crippen molar-refractivity contribution in [1.82, 2.24) is 9.29 Å². The van der Waals surface area contributed by atoms with Crippen LogP contribution in [0.3, 0.4) is 0 Å². The minimum Gasteiger partial charge on any atom is -0.379 e. The Balaban J connectivity index is 1.77. The molecule has 31 heavy (non-hydrogen) atoms. The van der Waals surface area contributed by atoms with Gasteiger partial charge in [0.05, 0.1) is 34.4 Å². The quantitative estimate of drug-likeness (QED) is 0.621. The summed E-state index contributed by atoms with van der Waals surface area (Å²) in [7, 11) is -3.77. The molecule has 0 bridgehead atoms. The molecule has 0 atom stereocenters. The van der Waals surface area contributed by atoms with Crippen LogP contribution < -0.4 is 10.9 Å². The van der Waals surface area contributed by atoms with Gasteiger partial charge in [-0.05, 0) is 42.8 Å². The van der Waals surface area contributed by atoms with Crippen LogP contribution in [0.25, 0.3) is 10.9 Å². The lowest BCUT2D eigenvalue weighted by atomic mass is 10.1. The molecule has 0 radical (unpaired) electrons. The van der Waals surface area contributed by atoms with Crippen molar-refractivity contribution in [3.8, 4) is 0 Å². The fourth-order valence-electron chi connectivity index (χ4n) is 3.43. The molecule has 4 rings (SSSR count). The SMILES string of the molecule is Cc1ccc(NC(=O)c2cc(=O)[nH]c3ccc(S(=O)(=O)N4CCOCC4)cc23)c(Cl)c1. The number of nitrogens with zero attached hydrogens (tertiary/aromatic N) is 1. The summed E-state index contributed by atoms with van der Waals surface area (Å²) in [6.07, 6.45) is 0.